The Labute approximate surface area is 313 Å². The van der Waals surface area contributed by atoms with E-state index in [1.165, 1.54) is 4.90 Å². The number of nitrogens with zero attached hydrogens (tertiary/aromatic N) is 1. The van der Waals surface area contributed by atoms with Crippen molar-refractivity contribution in [1.29, 1.82) is 0 Å². The first-order valence-corrected chi connectivity index (χ1v) is 17.7. The molecule has 17 heteroatoms. The zero-order valence-electron chi connectivity index (χ0n) is 30.3. The van der Waals surface area contributed by atoms with Crippen molar-refractivity contribution in [1.82, 2.24) is 26.2 Å². The fourth-order valence-electron chi connectivity index (χ4n) is 5.93. The van der Waals surface area contributed by atoms with E-state index >= 15 is 0 Å². The third-order valence-corrected chi connectivity index (χ3v) is 8.62. The lowest BCUT2D eigenvalue weighted by atomic mass is 10.0. The fraction of sp³-hybridized carbons (Fsp3) is 0.486. The van der Waals surface area contributed by atoms with E-state index in [-0.39, 0.29) is 38.1 Å². The number of benzene rings is 2. The zero-order chi connectivity index (χ0) is 39.8. The van der Waals surface area contributed by atoms with Gasteiger partial charge in [0, 0.05) is 19.4 Å². The Hall–Kier alpha value is -5.55. The highest BCUT2D eigenvalue weighted by Crippen LogP contribution is 2.21. The van der Waals surface area contributed by atoms with E-state index in [1.807, 2.05) is 13.8 Å². The molecule has 1 heterocycles. The van der Waals surface area contributed by atoms with Gasteiger partial charge in [0.25, 0.3) is 0 Å². The van der Waals surface area contributed by atoms with Gasteiger partial charge in [0.1, 0.15) is 42.9 Å². The van der Waals surface area contributed by atoms with Crippen LogP contribution in [-0.2, 0) is 46.3 Å². The second-order valence-corrected chi connectivity index (χ2v) is 13.5. The molecule has 0 spiro atoms. The van der Waals surface area contributed by atoms with E-state index in [1.54, 1.807) is 60.7 Å². The molecule has 1 saturated heterocycles. The molecule has 1 aliphatic rings. The number of rotatable bonds is 20. The molecule has 294 valence electrons. The summed E-state index contributed by atoms with van der Waals surface area (Å²) in [5.41, 5.74) is 6.64. The van der Waals surface area contributed by atoms with Crippen LogP contribution in [0, 0.1) is 5.92 Å². The molecule has 1 aliphatic heterocycles. The molecule has 0 radical (unpaired) electrons. The molecule has 6 amide bonds. The Balaban J connectivity index is 1.85. The van der Waals surface area contributed by atoms with Crippen LogP contribution in [0.4, 0.5) is 4.79 Å². The molecule has 1 fully saturated rings. The van der Waals surface area contributed by atoms with Crippen LogP contribution in [0.3, 0.4) is 0 Å². The van der Waals surface area contributed by atoms with Crippen molar-refractivity contribution in [3.63, 3.8) is 0 Å². The number of aliphatic hydroxyl groups is 2. The van der Waals surface area contributed by atoms with Gasteiger partial charge in [-0.3, -0.25) is 28.8 Å². The van der Waals surface area contributed by atoms with Crippen LogP contribution in [0.2, 0.25) is 0 Å². The number of carbonyl (C=O) groups is 7. The zero-order valence-corrected chi connectivity index (χ0v) is 30.3. The quantitative estimate of drug-likeness (QED) is 0.0844. The predicted octanol–water partition coefficient (Wildman–Crippen LogP) is -0.629. The number of carboxylic acids is 1. The lowest BCUT2D eigenvalue weighted by Crippen LogP contribution is -2.59. The Morgan fingerprint density at radius 1 is 0.815 bits per heavy atom. The first-order valence-electron chi connectivity index (χ1n) is 17.7. The Kier molecular flexibility index (Phi) is 16.8. The maximum atomic E-state index is 14.0. The van der Waals surface area contributed by atoms with Crippen LogP contribution < -0.4 is 27.0 Å². The smallest absolute Gasteiger partial charge is 0.407 e. The summed E-state index contributed by atoms with van der Waals surface area (Å²) in [5, 5.41) is 38.0. The van der Waals surface area contributed by atoms with Crippen molar-refractivity contribution in [2.45, 2.75) is 88.7 Å². The number of carboxylic acid groups (broad SMARTS) is 1. The van der Waals surface area contributed by atoms with Crippen molar-refractivity contribution in [3.05, 3.63) is 71.8 Å². The summed E-state index contributed by atoms with van der Waals surface area (Å²) in [5.74, 6) is -5.34. The first kappa shape index (κ1) is 42.9. The SMILES string of the molecule is CC(C)C[C@H](NC(=O)OC[C@H](O)CO)C(=O)N1CCC[C@H]1C(=O)N[C@@H](Cc1ccccc1)C(=O)N[C@@H](Cc1ccccc1)C(=O)N[C@@H](CC(=O)O)C(N)=O. The Morgan fingerprint density at radius 3 is 1.85 bits per heavy atom. The molecule has 2 aromatic carbocycles. The number of hydrogen-bond acceptors (Lipinski definition) is 10. The molecule has 0 saturated carbocycles. The summed E-state index contributed by atoms with van der Waals surface area (Å²) in [6.07, 6.45) is -2.21. The van der Waals surface area contributed by atoms with Crippen LogP contribution in [0.1, 0.15) is 50.7 Å². The van der Waals surface area contributed by atoms with E-state index in [2.05, 4.69) is 21.3 Å². The largest absolute Gasteiger partial charge is 0.481 e. The maximum Gasteiger partial charge on any atom is 0.407 e. The van der Waals surface area contributed by atoms with Crippen LogP contribution in [0.5, 0.6) is 0 Å². The number of aliphatic carboxylic acids is 1. The molecular formula is C37H50N6O11. The van der Waals surface area contributed by atoms with Crippen LogP contribution in [0.15, 0.2) is 60.7 Å². The predicted molar refractivity (Wildman–Crippen MR) is 193 cm³/mol. The molecule has 9 N–H and O–H groups in total. The van der Waals surface area contributed by atoms with E-state index in [0.717, 1.165) is 0 Å². The topological polar surface area (TPSA) is 267 Å². The molecule has 6 atom stereocenters. The van der Waals surface area contributed by atoms with Gasteiger partial charge in [0.15, 0.2) is 0 Å². The fourth-order valence-corrected chi connectivity index (χ4v) is 5.93. The van der Waals surface area contributed by atoms with Crippen LogP contribution >= 0.6 is 0 Å². The molecule has 0 unspecified atom stereocenters. The highest BCUT2D eigenvalue weighted by atomic mass is 16.6. The first-order chi connectivity index (χ1) is 25.7. The summed E-state index contributed by atoms with van der Waals surface area (Å²) in [7, 11) is 0. The molecule has 54 heavy (non-hydrogen) atoms. The highest BCUT2D eigenvalue weighted by molar-refractivity contribution is 5.97. The molecule has 17 nitrogen and oxygen atoms in total. The number of ether oxygens (including phenoxy) is 1. The van der Waals surface area contributed by atoms with E-state index < -0.39 is 97.5 Å². The van der Waals surface area contributed by atoms with Crippen LogP contribution in [-0.4, -0.2) is 118 Å². The van der Waals surface area contributed by atoms with Gasteiger partial charge in [-0.15, -0.1) is 0 Å². The number of nitrogens with one attached hydrogen (secondary N) is 4. The second-order valence-electron chi connectivity index (χ2n) is 13.5. The van der Waals surface area contributed by atoms with E-state index in [4.69, 9.17) is 15.6 Å². The number of alkyl carbamates (subject to hydrolysis) is 1. The number of amides is 6. The summed E-state index contributed by atoms with van der Waals surface area (Å²) in [6.45, 7) is 2.76. The van der Waals surface area contributed by atoms with Crippen molar-refractivity contribution in [2.75, 3.05) is 19.8 Å². The third-order valence-electron chi connectivity index (χ3n) is 8.62. The maximum absolute atomic E-state index is 14.0. The highest BCUT2D eigenvalue weighted by Gasteiger charge is 2.40. The second kappa shape index (κ2) is 21.2. The van der Waals surface area contributed by atoms with E-state index in [9.17, 15) is 43.8 Å². The van der Waals surface area contributed by atoms with Crippen molar-refractivity contribution >= 4 is 41.6 Å². The van der Waals surface area contributed by atoms with Gasteiger partial charge in [-0.2, -0.15) is 0 Å². The molecule has 0 bridgehead atoms. The normalized spacial score (nSPS) is 16.6. The Morgan fingerprint density at radius 2 is 1.35 bits per heavy atom. The standard InChI is InChI=1S/C37H50N6O11/c1-22(2)16-29(42-37(53)54-21-25(45)20-44)36(52)43-15-9-14-30(43)35(51)41-28(18-24-12-7-4-8-13-24)34(50)40-27(17-23-10-5-3-6-11-23)33(49)39-26(32(38)48)19-31(46)47/h3-8,10-13,22,25-30,44-45H,9,14-21H2,1-2H3,(H2,38,48)(H,39,49)(H,40,50)(H,41,51)(H,42,53)(H,46,47)/t25-,26+,27+,28+,29+,30+/m1/s1. The summed E-state index contributed by atoms with van der Waals surface area (Å²) < 4.78 is 4.93. The van der Waals surface area contributed by atoms with Crippen molar-refractivity contribution in [2.24, 2.45) is 11.7 Å². The average molecular weight is 755 g/mol. The molecule has 2 aromatic rings. The summed E-state index contributed by atoms with van der Waals surface area (Å²) in [6, 6.07) is 11.2. The molecule has 0 aromatic heterocycles. The molecule has 0 aliphatic carbocycles. The average Bonchev–Trinajstić information content (AvgIpc) is 3.63. The summed E-state index contributed by atoms with van der Waals surface area (Å²) in [4.78, 5) is 92.4. The van der Waals surface area contributed by atoms with Gasteiger partial charge in [0.2, 0.25) is 29.5 Å². The minimum absolute atomic E-state index is 0.00918. The lowest BCUT2D eigenvalue weighted by Gasteiger charge is -2.30. The van der Waals surface area contributed by atoms with Crippen molar-refractivity contribution < 1.29 is 53.6 Å². The number of hydrogen-bond donors (Lipinski definition) is 8. The van der Waals surface area contributed by atoms with Crippen molar-refractivity contribution in [3.8, 4) is 0 Å². The van der Waals surface area contributed by atoms with Gasteiger partial charge < -0.3 is 52.0 Å². The van der Waals surface area contributed by atoms with Gasteiger partial charge in [-0.25, -0.2) is 4.79 Å². The number of carbonyl (C=O) groups excluding carboxylic acids is 6. The number of nitrogens with two attached hydrogens (primary N) is 1. The van der Waals surface area contributed by atoms with Gasteiger partial charge >= 0.3 is 12.1 Å². The molecular weight excluding hydrogens is 704 g/mol. The third kappa shape index (κ3) is 13.8. The molecule has 3 rings (SSSR count). The lowest BCUT2D eigenvalue weighted by molar-refractivity contribution is -0.141. The number of primary amides is 1. The number of likely N-dealkylation sites (tertiary alicyclic amines) is 1. The monoisotopic (exact) mass is 754 g/mol. The van der Waals surface area contributed by atoms with Gasteiger partial charge in [-0.05, 0) is 36.3 Å². The van der Waals surface area contributed by atoms with Crippen LogP contribution in [0.25, 0.3) is 0 Å². The van der Waals surface area contributed by atoms with Gasteiger partial charge in [0.05, 0.1) is 13.0 Å². The Bertz CT molecular complexity index is 1590. The van der Waals surface area contributed by atoms with E-state index in [0.29, 0.717) is 17.5 Å². The number of aliphatic hydroxyl groups excluding tert-OH is 2. The summed E-state index contributed by atoms with van der Waals surface area (Å²) >= 11 is 0. The minimum atomic E-state index is -1.56. The minimum Gasteiger partial charge on any atom is -0.481 e. The van der Waals surface area contributed by atoms with Gasteiger partial charge in [-0.1, -0.05) is 74.5 Å².